The van der Waals surface area contributed by atoms with Gasteiger partial charge in [0.15, 0.2) is 0 Å². The van der Waals surface area contributed by atoms with E-state index in [0.717, 1.165) is 31.2 Å². The molecule has 1 aromatic rings. The third-order valence-electron chi connectivity index (χ3n) is 4.66. The summed E-state index contributed by atoms with van der Waals surface area (Å²) in [6.45, 7) is 1.04. The van der Waals surface area contributed by atoms with Gasteiger partial charge >= 0.3 is 180 Å². The zero-order valence-electron chi connectivity index (χ0n) is 17.8. The van der Waals surface area contributed by atoms with Crippen molar-refractivity contribution in [2.45, 2.75) is 67.4 Å². The van der Waals surface area contributed by atoms with E-state index in [2.05, 4.69) is 3.07 Å². The van der Waals surface area contributed by atoms with Crippen LogP contribution in [-0.4, -0.2) is 53.6 Å². The summed E-state index contributed by atoms with van der Waals surface area (Å²) < 4.78 is 230. The fraction of sp³-hybridized carbons (Fsp3) is 0.611. The van der Waals surface area contributed by atoms with Gasteiger partial charge in [0.2, 0.25) is 0 Å². The molecule has 0 amide bonds. The molecule has 0 unspecified atom stereocenters. The SMILES string of the molecule is CC(=O)O[I-]c1ccc(CCC(F)(F)C(F)(F)C(F)(F)C(F)(F)C(F)(F)C(F)(F)C(F)(F)C(F)(F)F)cc1. The van der Waals surface area contributed by atoms with Gasteiger partial charge in [0.25, 0.3) is 0 Å². The first-order chi connectivity index (χ1) is 16.6. The molecule has 20 heteroatoms. The van der Waals surface area contributed by atoms with E-state index in [9.17, 15) is 79.4 Å². The monoisotopic (exact) mass is 709 g/mol. The number of rotatable bonds is 11. The third-order valence-corrected chi connectivity index (χ3v) is 6.73. The molecule has 0 aliphatic rings. The van der Waals surface area contributed by atoms with Gasteiger partial charge in [-0.05, 0) is 0 Å². The van der Waals surface area contributed by atoms with Crippen LogP contribution in [0.25, 0.3) is 0 Å². The Labute approximate surface area is 211 Å². The maximum absolute atomic E-state index is 13.9. The Morgan fingerprint density at radius 2 is 1.00 bits per heavy atom. The van der Waals surface area contributed by atoms with E-state index in [-0.39, 0.29) is 5.56 Å². The molecule has 0 aromatic heterocycles. The van der Waals surface area contributed by atoms with Crippen LogP contribution in [-0.2, 0) is 14.3 Å². The molecule has 0 radical (unpaired) electrons. The van der Waals surface area contributed by atoms with Crippen molar-refractivity contribution in [3.63, 3.8) is 0 Å². The van der Waals surface area contributed by atoms with Gasteiger partial charge in [0.05, 0.1) is 0 Å². The van der Waals surface area contributed by atoms with E-state index in [1.807, 2.05) is 0 Å². The Morgan fingerprint density at radius 1 is 0.632 bits per heavy atom. The molecule has 2 nitrogen and oxygen atoms in total. The normalized spacial score (nSPS) is 15.1. The average Bonchev–Trinajstić information content (AvgIpc) is 2.75. The predicted octanol–water partition coefficient (Wildman–Crippen LogP) is 4.37. The molecule has 0 N–H and O–H groups in total. The van der Waals surface area contributed by atoms with Gasteiger partial charge in [-0.1, -0.05) is 0 Å². The second-order valence-electron chi connectivity index (χ2n) is 7.42. The molecule has 0 aliphatic heterocycles. The van der Waals surface area contributed by atoms with Crippen molar-refractivity contribution >= 4 is 5.97 Å². The zero-order valence-corrected chi connectivity index (χ0v) is 20.0. The van der Waals surface area contributed by atoms with Crippen LogP contribution in [0.15, 0.2) is 24.3 Å². The molecule has 0 heterocycles. The molecule has 0 saturated carbocycles. The molecule has 0 atom stereocenters. The van der Waals surface area contributed by atoms with Crippen molar-refractivity contribution in [3.8, 4) is 0 Å². The number of alkyl halides is 17. The van der Waals surface area contributed by atoms with Gasteiger partial charge in [-0.25, -0.2) is 0 Å². The van der Waals surface area contributed by atoms with Crippen molar-refractivity contribution in [2.24, 2.45) is 0 Å². The summed E-state index contributed by atoms with van der Waals surface area (Å²) in [5, 5.41) is 0. The van der Waals surface area contributed by atoms with Crippen LogP contribution >= 0.6 is 0 Å². The second kappa shape index (κ2) is 10.3. The van der Waals surface area contributed by atoms with Gasteiger partial charge in [-0.3, -0.25) is 0 Å². The van der Waals surface area contributed by atoms with Crippen LogP contribution in [0.5, 0.6) is 0 Å². The van der Waals surface area contributed by atoms with Gasteiger partial charge in [-0.2, -0.15) is 30.7 Å². The summed E-state index contributed by atoms with van der Waals surface area (Å²) >= 11 is -1.40. The molecular formula is C18H11F17IO2-. The van der Waals surface area contributed by atoms with E-state index >= 15 is 0 Å². The zero-order chi connectivity index (χ0) is 30.4. The minimum atomic E-state index is -8.64. The van der Waals surface area contributed by atoms with Crippen molar-refractivity contribution < 1.29 is 104 Å². The summed E-state index contributed by atoms with van der Waals surface area (Å²) in [6.07, 6.45) is -11.7. The van der Waals surface area contributed by atoms with E-state index in [1.165, 1.54) is 0 Å². The predicted molar refractivity (Wildman–Crippen MR) is 85.9 cm³/mol. The topological polar surface area (TPSA) is 26.3 Å². The van der Waals surface area contributed by atoms with Gasteiger partial charge in [0.1, 0.15) is 0 Å². The number of carbonyl (C=O) groups is 1. The number of benzene rings is 1. The van der Waals surface area contributed by atoms with Gasteiger partial charge in [0, 0.05) is 0 Å². The molecule has 0 bridgehead atoms. The summed E-state index contributed by atoms with van der Waals surface area (Å²) in [5.74, 6) is -57.0. The van der Waals surface area contributed by atoms with Crippen LogP contribution in [0.1, 0.15) is 18.9 Å². The molecular weight excluding hydrogens is 698 g/mol. The van der Waals surface area contributed by atoms with E-state index in [4.69, 9.17) is 0 Å². The van der Waals surface area contributed by atoms with Crippen molar-refractivity contribution in [3.05, 3.63) is 33.4 Å². The number of carbonyl (C=O) groups excluding carboxylic acids is 1. The summed E-state index contributed by atoms with van der Waals surface area (Å²) in [5.41, 5.74) is -0.382. The Morgan fingerprint density at radius 3 is 1.37 bits per heavy atom. The van der Waals surface area contributed by atoms with E-state index in [0.29, 0.717) is 3.57 Å². The standard InChI is InChI=1S/C18H11F17IO2/c1-8(37)38-36-10-4-2-9(3-5-10)6-7-11(19,20)12(21,22)13(23,24)14(25,26)15(27,28)16(29,30)17(31,32)18(33,34)35/h2-5H,6-7H2,1H3/q-1. The molecule has 0 saturated heterocycles. The Balaban J connectivity index is 3.31. The second-order valence-corrected chi connectivity index (χ2v) is 9.55. The molecule has 1 rings (SSSR count). The van der Waals surface area contributed by atoms with E-state index in [1.54, 1.807) is 0 Å². The van der Waals surface area contributed by atoms with Crippen LogP contribution in [0.3, 0.4) is 0 Å². The minimum absolute atomic E-state index is 0.296. The first-order valence-electron chi connectivity index (χ1n) is 9.24. The number of aryl methyl sites for hydroxylation is 1. The summed E-state index contributed by atoms with van der Waals surface area (Å²) in [6, 6.07) is 3.98. The number of hydrogen-bond donors (Lipinski definition) is 0. The van der Waals surface area contributed by atoms with Crippen molar-refractivity contribution in [1.82, 2.24) is 0 Å². The molecule has 0 fully saturated rings. The van der Waals surface area contributed by atoms with Gasteiger partial charge < -0.3 is 0 Å². The van der Waals surface area contributed by atoms with Crippen LogP contribution in [0.4, 0.5) is 74.6 Å². The fourth-order valence-corrected chi connectivity index (χ4v) is 3.67. The van der Waals surface area contributed by atoms with Crippen molar-refractivity contribution in [2.75, 3.05) is 0 Å². The van der Waals surface area contributed by atoms with Crippen LogP contribution < -0.4 is 21.6 Å². The fourth-order valence-electron chi connectivity index (χ4n) is 2.46. The quantitative estimate of drug-likeness (QED) is 0.253. The molecule has 0 aliphatic carbocycles. The van der Waals surface area contributed by atoms with Crippen LogP contribution in [0, 0.1) is 3.57 Å². The maximum atomic E-state index is 13.9. The Bertz CT molecular complexity index is 986. The first kappa shape index (κ1) is 34.3. The summed E-state index contributed by atoms with van der Waals surface area (Å²) in [4.78, 5) is 10.7. The molecule has 222 valence electrons. The summed E-state index contributed by atoms with van der Waals surface area (Å²) in [7, 11) is 0. The van der Waals surface area contributed by atoms with Gasteiger partial charge in [-0.15, -0.1) is 0 Å². The number of hydrogen-bond acceptors (Lipinski definition) is 2. The first-order valence-corrected chi connectivity index (χ1v) is 11.2. The molecule has 1 aromatic carbocycles. The Kier molecular flexibility index (Phi) is 9.31. The molecule has 0 spiro atoms. The Hall–Kier alpha value is -1.77. The molecule has 38 heavy (non-hydrogen) atoms. The average molecular weight is 709 g/mol. The van der Waals surface area contributed by atoms with Crippen molar-refractivity contribution in [1.29, 1.82) is 0 Å². The van der Waals surface area contributed by atoms with Crippen LogP contribution in [0.2, 0.25) is 0 Å². The number of halogens is 18. The third kappa shape index (κ3) is 5.59. The van der Waals surface area contributed by atoms with E-state index < -0.39 is 88.1 Å².